The standard InChI is InChI=1S/C15H15ClFN5O/c1-21(7-10-3-4-12(16)13(17)5-10)14-6-11(8-23-2)20-15-18-9-19-22(14)15/h3-6,9H,7-8H2,1-2H3. The largest absolute Gasteiger partial charge is 0.378 e. The Bertz CT molecular complexity index is 838. The van der Waals surface area contributed by atoms with Crippen LogP contribution in [0.3, 0.4) is 0 Å². The molecule has 8 heteroatoms. The van der Waals surface area contributed by atoms with Crippen LogP contribution in [-0.2, 0) is 17.9 Å². The van der Waals surface area contributed by atoms with Gasteiger partial charge in [0.25, 0.3) is 5.78 Å². The van der Waals surface area contributed by atoms with Gasteiger partial charge >= 0.3 is 0 Å². The number of hydrogen-bond donors (Lipinski definition) is 0. The molecule has 120 valence electrons. The fourth-order valence-electron chi connectivity index (χ4n) is 2.33. The molecule has 0 bridgehead atoms. The Balaban J connectivity index is 1.94. The predicted molar refractivity (Wildman–Crippen MR) is 85.0 cm³/mol. The molecule has 0 atom stereocenters. The first-order valence-corrected chi connectivity index (χ1v) is 7.30. The number of rotatable bonds is 5. The number of fused-ring (bicyclic) bond motifs is 1. The van der Waals surface area contributed by atoms with Gasteiger partial charge in [0.15, 0.2) is 0 Å². The summed E-state index contributed by atoms with van der Waals surface area (Å²) in [4.78, 5) is 10.4. The Morgan fingerprint density at radius 1 is 1.35 bits per heavy atom. The summed E-state index contributed by atoms with van der Waals surface area (Å²) in [5.74, 6) is 0.844. The molecule has 0 saturated heterocycles. The van der Waals surface area contributed by atoms with Crippen molar-refractivity contribution in [1.82, 2.24) is 19.6 Å². The van der Waals surface area contributed by atoms with Crippen LogP contribution in [-0.4, -0.2) is 33.7 Å². The van der Waals surface area contributed by atoms with Gasteiger partial charge in [0.1, 0.15) is 18.0 Å². The Morgan fingerprint density at radius 3 is 2.91 bits per heavy atom. The molecule has 3 aromatic rings. The average Bonchev–Trinajstić information content (AvgIpc) is 2.99. The summed E-state index contributed by atoms with van der Waals surface area (Å²) in [6.07, 6.45) is 1.44. The molecule has 3 rings (SSSR count). The second-order valence-corrected chi connectivity index (χ2v) is 5.52. The molecular weight excluding hydrogens is 321 g/mol. The zero-order valence-electron chi connectivity index (χ0n) is 12.7. The summed E-state index contributed by atoms with van der Waals surface area (Å²) in [6.45, 7) is 0.860. The Labute approximate surface area is 137 Å². The van der Waals surface area contributed by atoms with E-state index in [0.717, 1.165) is 17.1 Å². The van der Waals surface area contributed by atoms with Gasteiger partial charge < -0.3 is 9.64 Å². The molecule has 2 heterocycles. The van der Waals surface area contributed by atoms with Gasteiger partial charge in [0.05, 0.1) is 17.3 Å². The Hall–Kier alpha value is -2.25. The maximum absolute atomic E-state index is 13.6. The van der Waals surface area contributed by atoms with Crippen LogP contribution in [0.2, 0.25) is 5.02 Å². The van der Waals surface area contributed by atoms with Gasteiger partial charge in [-0.2, -0.15) is 14.6 Å². The second kappa shape index (κ2) is 6.47. The van der Waals surface area contributed by atoms with Crippen LogP contribution in [0.1, 0.15) is 11.3 Å². The van der Waals surface area contributed by atoms with Crippen LogP contribution in [0, 0.1) is 5.82 Å². The van der Waals surface area contributed by atoms with Crippen LogP contribution < -0.4 is 4.90 Å². The minimum atomic E-state index is -0.432. The average molecular weight is 336 g/mol. The van der Waals surface area contributed by atoms with Gasteiger partial charge in [-0.25, -0.2) is 9.37 Å². The molecule has 0 aliphatic heterocycles. The van der Waals surface area contributed by atoms with Crippen molar-refractivity contribution in [3.63, 3.8) is 0 Å². The second-order valence-electron chi connectivity index (χ2n) is 5.12. The van der Waals surface area contributed by atoms with Crippen LogP contribution in [0.25, 0.3) is 5.78 Å². The lowest BCUT2D eigenvalue weighted by atomic mass is 10.2. The van der Waals surface area contributed by atoms with Crippen LogP contribution >= 0.6 is 11.6 Å². The summed E-state index contributed by atoms with van der Waals surface area (Å²) in [7, 11) is 3.50. The summed E-state index contributed by atoms with van der Waals surface area (Å²) in [5, 5.41) is 4.29. The number of benzene rings is 1. The first kappa shape index (κ1) is 15.6. The Morgan fingerprint density at radius 2 is 2.17 bits per heavy atom. The van der Waals surface area contributed by atoms with Gasteiger partial charge in [-0.3, -0.25) is 0 Å². The molecule has 2 aromatic heterocycles. The number of hydrogen-bond acceptors (Lipinski definition) is 5. The number of anilines is 1. The lowest BCUT2D eigenvalue weighted by Gasteiger charge is -2.20. The smallest absolute Gasteiger partial charge is 0.254 e. The van der Waals surface area contributed by atoms with Crippen LogP contribution in [0.4, 0.5) is 10.2 Å². The van der Waals surface area contributed by atoms with Crippen molar-refractivity contribution in [2.24, 2.45) is 0 Å². The van der Waals surface area contributed by atoms with E-state index in [-0.39, 0.29) is 5.02 Å². The van der Waals surface area contributed by atoms with Crippen molar-refractivity contribution < 1.29 is 9.13 Å². The van der Waals surface area contributed by atoms with E-state index >= 15 is 0 Å². The van der Waals surface area contributed by atoms with Crippen molar-refractivity contribution in [2.45, 2.75) is 13.2 Å². The minimum absolute atomic E-state index is 0.112. The highest BCUT2D eigenvalue weighted by molar-refractivity contribution is 6.30. The number of ether oxygens (including phenoxy) is 1. The van der Waals surface area contributed by atoms with Crippen molar-refractivity contribution in [3.05, 3.63) is 52.7 Å². The molecule has 0 N–H and O–H groups in total. The topological polar surface area (TPSA) is 55.6 Å². The van der Waals surface area contributed by atoms with E-state index in [0.29, 0.717) is 18.9 Å². The number of methoxy groups -OCH3 is 1. The number of aromatic nitrogens is 4. The minimum Gasteiger partial charge on any atom is -0.378 e. The van der Waals surface area contributed by atoms with Gasteiger partial charge in [-0.15, -0.1) is 0 Å². The molecule has 1 aromatic carbocycles. The Kier molecular flexibility index (Phi) is 4.40. The van der Waals surface area contributed by atoms with E-state index in [1.165, 1.54) is 12.4 Å². The molecule has 0 radical (unpaired) electrons. The fourth-order valence-corrected chi connectivity index (χ4v) is 2.45. The maximum atomic E-state index is 13.6. The lowest BCUT2D eigenvalue weighted by molar-refractivity contribution is 0.181. The third-order valence-electron chi connectivity index (χ3n) is 3.37. The van der Waals surface area contributed by atoms with Gasteiger partial charge in [-0.05, 0) is 17.7 Å². The molecule has 6 nitrogen and oxygen atoms in total. The SMILES string of the molecule is COCc1cc(N(C)Cc2ccc(Cl)c(F)c2)n2ncnc2n1. The van der Waals surface area contributed by atoms with Crippen molar-refractivity contribution in [3.8, 4) is 0 Å². The van der Waals surface area contributed by atoms with E-state index in [4.69, 9.17) is 16.3 Å². The summed E-state index contributed by atoms with van der Waals surface area (Å²) in [6, 6.07) is 6.64. The van der Waals surface area contributed by atoms with E-state index < -0.39 is 5.82 Å². The highest BCUT2D eigenvalue weighted by atomic mass is 35.5. The number of nitrogens with zero attached hydrogens (tertiary/aromatic N) is 5. The summed E-state index contributed by atoms with van der Waals surface area (Å²) < 4.78 is 20.4. The van der Waals surface area contributed by atoms with Crippen molar-refractivity contribution in [1.29, 1.82) is 0 Å². The highest BCUT2D eigenvalue weighted by Crippen LogP contribution is 2.20. The highest BCUT2D eigenvalue weighted by Gasteiger charge is 2.12. The predicted octanol–water partition coefficient (Wildman–Crippen LogP) is 2.70. The van der Waals surface area contributed by atoms with E-state index in [1.54, 1.807) is 23.8 Å². The van der Waals surface area contributed by atoms with E-state index in [2.05, 4.69) is 15.1 Å². The van der Waals surface area contributed by atoms with Gasteiger partial charge in [0.2, 0.25) is 0 Å². The lowest BCUT2D eigenvalue weighted by Crippen LogP contribution is -2.20. The molecule has 0 spiro atoms. The normalized spacial score (nSPS) is 11.1. The van der Waals surface area contributed by atoms with Gasteiger partial charge in [-0.1, -0.05) is 17.7 Å². The quantitative estimate of drug-likeness (QED) is 0.717. The van der Waals surface area contributed by atoms with Crippen LogP contribution in [0.15, 0.2) is 30.6 Å². The third kappa shape index (κ3) is 3.25. The van der Waals surface area contributed by atoms with E-state index in [1.807, 2.05) is 18.0 Å². The zero-order chi connectivity index (χ0) is 16.4. The summed E-state index contributed by atoms with van der Waals surface area (Å²) in [5.41, 5.74) is 1.55. The van der Waals surface area contributed by atoms with Crippen molar-refractivity contribution >= 4 is 23.2 Å². The monoisotopic (exact) mass is 335 g/mol. The molecular formula is C15H15ClFN5O. The molecule has 0 aliphatic carbocycles. The van der Waals surface area contributed by atoms with Crippen molar-refractivity contribution in [2.75, 3.05) is 19.1 Å². The summed E-state index contributed by atoms with van der Waals surface area (Å²) >= 11 is 5.72. The molecule has 23 heavy (non-hydrogen) atoms. The molecule has 0 aliphatic rings. The van der Waals surface area contributed by atoms with Crippen LogP contribution in [0.5, 0.6) is 0 Å². The van der Waals surface area contributed by atoms with Gasteiger partial charge in [0, 0.05) is 26.8 Å². The molecule has 0 amide bonds. The number of halogens is 2. The first-order valence-electron chi connectivity index (χ1n) is 6.92. The zero-order valence-corrected chi connectivity index (χ0v) is 13.5. The fraction of sp³-hybridized carbons (Fsp3) is 0.267. The first-order chi connectivity index (χ1) is 11.1. The molecule has 0 unspecified atom stereocenters. The van der Waals surface area contributed by atoms with E-state index in [9.17, 15) is 4.39 Å². The maximum Gasteiger partial charge on any atom is 0.254 e. The molecule has 0 fully saturated rings. The molecule has 0 saturated carbocycles. The third-order valence-corrected chi connectivity index (χ3v) is 3.68.